The number of nitrogens with zero attached hydrogens (tertiary/aromatic N) is 1. The number of aliphatic imine (C=N–C) groups is 1. The maximum atomic E-state index is 11.9. The zero-order chi connectivity index (χ0) is 18.6. The van der Waals surface area contributed by atoms with Gasteiger partial charge in [-0.1, -0.05) is 0 Å². The third kappa shape index (κ3) is 5.19. The minimum atomic E-state index is -0.598. The van der Waals surface area contributed by atoms with E-state index in [0.717, 1.165) is 11.8 Å². The minimum absolute atomic E-state index is 0.242. The first-order chi connectivity index (χ1) is 11.8. The summed E-state index contributed by atoms with van der Waals surface area (Å²) >= 11 is 3.10. The van der Waals surface area contributed by atoms with Crippen molar-refractivity contribution in [2.45, 2.75) is 6.92 Å². The number of methoxy groups -OCH3 is 1. The van der Waals surface area contributed by atoms with E-state index in [2.05, 4.69) is 10.3 Å². The summed E-state index contributed by atoms with van der Waals surface area (Å²) in [6.07, 6.45) is 1.63. The van der Waals surface area contributed by atoms with Crippen LogP contribution in [0, 0.1) is 3.57 Å². The Bertz CT molecular complexity index is 807. The Morgan fingerprint density at radius 3 is 2.76 bits per heavy atom. The molecule has 1 aliphatic heterocycles. The van der Waals surface area contributed by atoms with Crippen LogP contribution in [0.25, 0.3) is 6.08 Å². The van der Waals surface area contributed by atoms with Crippen LogP contribution in [0.3, 0.4) is 0 Å². The molecule has 3 N–H and O–H groups in total. The third-order valence-corrected chi connectivity index (χ3v) is 4.51. The second-order valence-corrected chi connectivity index (χ2v) is 7.00. The highest BCUT2D eigenvalue weighted by molar-refractivity contribution is 14.1. The molecule has 0 bridgehead atoms. The van der Waals surface area contributed by atoms with Gasteiger partial charge in [-0.3, -0.25) is 14.4 Å². The summed E-state index contributed by atoms with van der Waals surface area (Å²) in [4.78, 5) is 38.0. The SMILES string of the molecule is COc1cc(/C=C2\SC(NC(C)=O)=NC2=O)cc(I)c1OCC(N)=O. The van der Waals surface area contributed by atoms with Crippen LogP contribution in [0.5, 0.6) is 11.5 Å². The predicted octanol–water partition coefficient (Wildman–Crippen LogP) is 1.27. The standard InChI is InChI=1S/C15H14IN3O5S/c1-7(20)18-15-19-14(22)11(25-15)5-8-3-9(16)13(10(4-8)23-2)24-6-12(17)21/h3-5H,6H2,1-2H3,(H2,17,21)(H,18,19,20,22)/b11-5-. The Morgan fingerprint density at radius 1 is 1.44 bits per heavy atom. The first-order valence-electron chi connectivity index (χ1n) is 6.89. The van der Waals surface area contributed by atoms with Crippen molar-refractivity contribution in [2.75, 3.05) is 13.7 Å². The molecule has 0 atom stereocenters. The summed E-state index contributed by atoms with van der Waals surface area (Å²) in [6, 6.07) is 3.42. The molecule has 0 saturated heterocycles. The van der Waals surface area contributed by atoms with Crippen molar-refractivity contribution in [2.24, 2.45) is 10.7 Å². The molecule has 3 amide bonds. The van der Waals surface area contributed by atoms with E-state index in [-0.39, 0.29) is 17.7 Å². The largest absolute Gasteiger partial charge is 0.493 e. The van der Waals surface area contributed by atoms with Crippen LogP contribution in [-0.2, 0) is 14.4 Å². The summed E-state index contributed by atoms with van der Waals surface area (Å²) in [7, 11) is 1.47. The molecule has 0 spiro atoms. The molecule has 2 rings (SSSR count). The smallest absolute Gasteiger partial charge is 0.286 e. The number of carbonyl (C=O) groups is 3. The van der Waals surface area contributed by atoms with Crippen molar-refractivity contribution < 1.29 is 23.9 Å². The van der Waals surface area contributed by atoms with Crippen molar-refractivity contribution >= 4 is 63.3 Å². The predicted molar refractivity (Wildman–Crippen MR) is 102 cm³/mol. The highest BCUT2D eigenvalue weighted by atomic mass is 127. The first kappa shape index (κ1) is 19.2. The number of nitrogens with two attached hydrogens (primary N) is 1. The number of hydrogen-bond acceptors (Lipinski definition) is 6. The number of primary amides is 1. The molecular formula is C15H14IN3O5S. The van der Waals surface area contributed by atoms with Gasteiger partial charge in [-0.25, -0.2) is 0 Å². The molecule has 0 unspecified atom stereocenters. The molecule has 0 saturated carbocycles. The van der Waals surface area contributed by atoms with E-state index in [1.165, 1.54) is 14.0 Å². The number of rotatable bonds is 5. The van der Waals surface area contributed by atoms with Crippen LogP contribution in [0.15, 0.2) is 22.0 Å². The number of thioether (sulfide) groups is 1. The molecule has 1 aromatic carbocycles. The minimum Gasteiger partial charge on any atom is -0.493 e. The molecule has 8 nitrogen and oxygen atoms in total. The number of nitrogens with one attached hydrogen (secondary N) is 1. The Balaban J connectivity index is 2.26. The Labute approximate surface area is 161 Å². The average Bonchev–Trinajstić information content (AvgIpc) is 2.84. The molecule has 132 valence electrons. The van der Waals surface area contributed by atoms with Crippen LogP contribution < -0.4 is 20.5 Å². The van der Waals surface area contributed by atoms with Crippen molar-refractivity contribution in [1.82, 2.24) is 5.32 Å². The van der Waals surface area contributed by atoms with Gasteiger partial charge in [0.05, 0.1) is 15.6 Å². The van der Waals surface area contributed by atoms with Crippen LogP contribution in [0.2, 0.25) is 0 Å². The van der Waals surface area contributed by atoms with E-state index in [4.69, 9.17) is 15.2 Å². The van der Waals surface area contributed by atoms with Gasteiger partial charge in [0.25, 0.3) is 11.8 Å². The molecule has 0 fully saturated rings. The van der Waals surface area contributed by atoms with Crippen molar-refractivity contribution in [3.8, 4) is 11.5 Å². The fraction of sp³-hybridized carbons (Fsp3) is 0.200. The van der Waals surface area contributed by atoms with Crippen molar-refractivity contribution in [3.05, 3.63) is 26.2 Å². The molecule has 10 heteroatoms. The number of benzene rings is 1. The average molecular weight is 475 g/mol. The van der Waals surface area contributed by atoms with Gasteiger partial charge in [-0.05, 0) is 58.1 Å². The van der Waals surface area contributed by atoms with Gasteiger partial charge >= 0.3 is 0 Å². The Hall–Kier alpha value is -2.08. The quantitative estimate of drug-likeness (QED) is 0.489. The van der Waals surface area contributed by atoms with Gasteiger partial charge in [0, 0.05) is 6.92 Å². The van der Waals surface area contributed by atoms with E-state index in [1.54, 1.807) is 18.2 Å². The number of halogens is 1. The fourth-order valence-electron chi connectivity index (χ4n) is 1.87. The van der Waals surface area contributed by atoms with Crippen LogP contribution in [0.1, 0.15) is 12.5 Å². The van der Waals surface area contributed by atoms with Crippen molar-refractivity contribution in [1.29, 1.82) is 0 Å². The highest BCUT2D eigenvalue weighted by Gasteiger charge is 2.23. The second kappa shape index (κ2) is 8.34. The van der Waals surface area contributed by atoms with Gasteiger partial charge in [-0.15, -0.1) is 0 Å². The molecule has 1 aromatic rings. The lowest BCUT2D eigenvalue weighted by molar-refractivity contribution is -0.120. The third-order valence-electron chi connectivity index (χ3n) is 2.81. The molecule has 1 aliphatic rings. The van der Waals surface area contributed by atoms with E-state index >= 15 is 0 Å². The number of amidine groups is 1. The topological polar surface area (TPSA) is 120 Å². The van der Waals surface area contributed by atoms with Gasteiger partial charge in [0.2, 0.25) is 5.91 Å². The van der Waals surface area contributed by atoms with Gasteiger partial charge in [0.15, 0.2) is 23.3 Å². The summed E-state index contributed by atoms with van der Waals surface area (Å²) in [5.74, 6) is -0.535. The molecule has 0 aromatic heterocycles. The molecular weight excluding hydrogens is 461 g/mol. The molecule has 1 heterocycles. The van der Waals surface area contributed by atoms with Gasteiger partial charge in [-0.2, -0.15) is 4.99 Å². The highest BCUT2D eigenvalue weighted by Crippen LogP contribution is 2.36. The summed E-state index contributed by atoms with van der Waals surface area (Å²) < 4.78 is 11.3. The number of ether oxygens (including phenoxy) is 2. The Kier molecular flexibility index (Phi) is 6.42. The maximum absolute atomic E-state index is 11.9. The zero-order valence-corrected chi connectivity index (χ0v) is 16.3. The van der Waals surface area contributed by atoms with Crippen LogP contribution in [-0.4, -0.2) is 36.6 Å². The molecule has 0 radical (unpaired) electrons. The van der Waals surface area contributed by atoms with E-state index in [1.807, 2.05) is 22.6 Å². The lowest BCUT2D eigenvalue weighted by Crippen LogP contribution is -2.23. The molecule has 25 heavy (non-hydrogen) atoms. The zero-order valence-electron chi connectivity index (χ0n) is 13.3. The summed E-state index contributed by atoms with van der Waals surface area (Å²) in [5, 5.41) is 2.72. The normalized spacial score (nSPS) is 15.1. The number of hydrogen-bond donors (Lipinski definition) is 2. The lowest BCUT2D eigenvalue weighted by Gasteiger charge is -2.12. The van der Waals surface area contributed by atoms with Crippen molar-refractivity contribution in [3.63, 3.8) is 0 Å². The van der Waals surface area contributed by atoms with Gasteiger partial charge < -0.3 is 20.5 Å². The van der Waals surface area contributed by atoms with E-state index in [0.29, 0.717) is 25.5 Å². The Morgan fingerprint density at radius 2 is 2.16 bits per heavy atom. The summed E-state index contributed by atoms with van der Waals surface area (Å²) in [5.41, 5.74) is 5.77. The number of amides is 3. The van der Waals surface area contributed by atoms with Crippen LogP contribution in [0.4, 0.5) is 0 Å². The van der Waals surface area contributed by atoms with E-state index in [9.17, 15) is 14.4 Å². The fourth-order valence-corrected chi connectivity index (χ4v) is 3.51. The monoisotopic (exact) mass is 475 g/mol. The van der Waals surface area contributed by atoms with Gasteiger partial charge in [0.1, 0.15) is 0 Å². The second-order valence-electron chi connectivity index (χ2n) is 4.80. The first-order valence-corrected chi connectivity index (χ1v) is 8.78. The summed E-state index contributed by atoms with van der Waals surface area (Å²) in [6.45, 7) is 1.07. The maximum Gasteiger partial charge on any atom is 0.286 e. The van der Waals surface area contributed by atoms with Crippen LogP contribution >= 0.6 is 34.4 Å². The number of carbonyl (C=O) groups excluding carboxylic acids is 3. The van der Waals surface area contributed by atoms with E-state index < -0.39 is 11.8 Å². The lowest BCUT2D eigenvalue weighted by atomic mass is 10.2. The molecule has 0 aliphatic carbocycles.